The lowest BCUT2D eigenvalue weighted by Crippen LogP contribution is -2.31. The molecule has 2 aromatic heterocycles. The van der Waals surface area contributed by atoms with Crippen LogP contribution in [0.2, 0.25) is 0 Å². The maximum Gasteiger partial charge on any atom is 0.164 e. The molecular formula is C51H32N4S. The second-order valence-corrected chi connectivity index (χ2v) is 15.3. The molecule has 262 valence electrons. The molecule has 9 aromatic rings. The number of aromatic nitrogens is 4. The van der Waals surface area contributed by atoms with E-state index in [4.69, 9.17) is 19.9 Å². The van der Waals surface area contributed by atoms with E-state index < -0.39 is 5.41 Å². The summed E-state index contributed by atoms with van der Waals surface area (Å²) in [4.78, 5) is 22.7. The van der Waals surface area contributed by atoms with Crippen molar-refractivity contribution in [3.63, 3.8) is 0 Å². The van der Waals surface area contributed by atoms with E-state index in [0.29, 0.717) is 17.5 Å². The van der Waals surface area contributed by atoms with Crippen LogP contribution in [0.4, 0.5) is 0 Å². The van der Waals surface area contributed by atoms with E-state index in [2.05, 4.69) is 152 Å². The molecule has 0 amide bonds. The molecular weight excluding hydrogens is 701 g/mol. The highest BCUT2D eigenvalue weighted by Gasteiger charge is 2.50. The molecule has 5 heteroatoms. The van der Waals surface area contributed by atoms with Gasteiger partial charge in [-0.2, -0.15) is 0 Å². The van der Waals surface area contributed by atoms with Crippen molar-refractivity contribution in [1.82, 2.24) is 19.9 Å². The minimum Gasteiger partial charge on any atom is -0.256 e. The third-order valence-electron chi connectivity index (χ3n) is 11.1. The summed E-state index contributed by atoms with van der Waals surface area (Å²) < 4.78 is 0. The van der Waals surface area contributed by atoms with Crippen LogP contribution in [-0.4, -0.2) is 19.9 Å². The number of pyridine rings is 1. The van der Waals surface area contributed by atoms with Crippen LogP contribution in [0.1, 0.15) is 22.3 Å². The van der Waals surface area contributed by atoms with Gasteiger partial charge in [0, 0.05) is 43.8 Å². The largest absolute Gasteiger partial charge is 0.256 e. The fourth-order valence-corrected chi connectivity index (χ4v) is 9.70. The second kappa shape index (κ2) is 13.1. The van der Waals surface area contributed by atoms with Crippen molar-refractivity contribution in [3.8, 4) is 67.7 Å². The van der Waals surface area contributed by atoms with Gasteiger partial charge in [0.1, 0.15) is 0 Å². The van der Waals surface area contributed by atoms with E-state index in [1.165, 1.54) is 43.2 Å². The molecule has 0 atom stereocenters. The van der Waals surface area contributed by atoms with Gasteiger partial charge in [-0.3, -0.25) is 4.98 Å². The summed E-state index contributed by atoms with van der Waals surface area (Å²) in [7, 11) is 0. The zero-order chi connectivity index (χ0) is 37.1. The summed E-state index contributed by atoms with van der Waals surface area (Å²) in [6.45, 7) is 0. The van der Waals surface area contributed by atoms with Gasteiger partial charge in [-0.1, -0.05) is 176 Å². The van der Waals surface area contributed by atoms with Crippen LogP contribution in [0.15, 0.2) is 204 Å². The summed E-state index contributed by atoms with van der Waals surface area (Å²) in [6, 6.07) is 66.5. The number of rotatable bonds is 5. The van der Waals surface area contributed by atoms with Crippen molar-refractivity contribution >= 4 is 11.8 Å². The monoisotopic (exact) mass is 732 g/mol. The van der Waals surface area contributed by atoms with Gasteiger partial charge in [-0.15, -0.1) is 0 Å². The Bertz CT molecular complexity index is 2880. The maximum atomic E-state index is 5.17. The van der Waals surface area contributed by atoms with Gasteiger partial charge >= 0.3 is 0 Å². The Balaban J connectivity index is 1.03. The van der Waals surface area contributed by atoms with Crippen LogP contribution in [-0.2, 0) is 5.41 Å². The highest BCUT2D eigenvalue weighted by molar-refractivity contribution is 7.99. The Labute approximate surface area is 329 Å². The number of fused-ring (bicyclic) bond motifs is 9. The van der Waals surface area contributed by atoms with E-state index >= 15 is 0 Å². The highest BCUT2D eigenvalue weighted by atomic mass is 32.2. The smallest absolute Gasteiger partial charge is 0.164 e. The fourth-order valence-electron chi connectivity index (χ4n) is 8.50. The molecule has 1 spiro atoms. The maximum absolute atomic E-state index is 5.17. The van der Waals surface area contributed by atoms with Crippen molar-refractivity contribution in [3.05, 3.63) is 217 Å². The van der Waals surface area contributed by atoms with Crippen LogP contribution in [0.5, 0.6) is 0 Å². The lowest BCUT2D eigenvalue weighted by Gasteiger charge is -2.39. The first kappa shape index (κ1) is 32.5. The van der Waals surface area contributed by atoms with Gasteiger partial charge in [0.2, 0.25) is 0 Å². The van der Waals surface area contributed by atoms with Crippen molar-refractivity contribution < 1.29 is 0 Å². The Kier molecular flexibility index (Phi) is 7.61. The fraction of sp³-hybridized carbons (Fsp3) is 0.0196. The van der Waals surface area contributed by atoms with E-state index in [1.807, 2.05) is 54.4 Å². The van der Waals surface area contributed by atoms with Crippen molar-refractivity contribution in [1.29, 1.82) is 0 Å². The topological polar surface area (TPSA) is 51.6 Å². The average molecular weight is 733 g/mol. The predicted molar refractivity (Wildman–Crippen MR) is 226 cm³/mol. The summed E-state index contributed by atoms with van der Waals surface area (Å²) >= 11 is 1.86. The van der Waals surface area contributed by atoms with Crippen LogP contribution < -0.4 is 0 Å². The van der Waals surface area contributed by atoms with E-state index in [-0.39, 0.29) is 0 Å². The molecule has 0 bridgehead atoms. The molecule has 0 N–H and O–H groups in total. The van der Waals surface area contributed by atoms with Crippen molar-refractivity contribution in [2.45, 2.75) is 15.2 Å². The summed E-state index contributed by atoms with van der Waals surface area (Å²) in [5, 5.41) is 0. The van der Waals surface area contributed by atoms with Gasteiger partial charge in [0.25, 0.3) is 0 Å². The van der Waals surface area contributed by atoms with Gasteiger partial charge in [-0.05, 0) is 63.2 Å². The van der Waals surface area contributed by atoms with Crippen LogP contribution in [0, 0.1) is 0 Å². The highest BCUT2D eigenvalue weighted by Crippen LogP contribution is 2.62. The Hall–Kier alpha value is -6.95. The van der Waals surface area contributed by atoms with Crippen molar-refractivity contribution in [2.75, 3.05) is 0 Å². The van der Waals surface area contributed by atoms with Gasteiger partial charge in [-0.25, -0.2) is 15.0 Å². The SMILES string of the molecule is c1ccc(-c2ccc(-c3ccc(-c4nc(-c5ccccc5)nc(-c5ccc6c(c5)-c5ccccc5C65c6ccccc6Sc6ccccc65)n4)cc3)cn2)cc1. The summed E-state index contributed by atoms with van der Waals surface area (Å²) in [6.07, 6.45) is 1.94. The Morgan fingerprint density at radius 3 is 1.46 bits per heavy atom. The molecule has 0 saturated heterocycles. The van der Waals surface area contributed by atoms with Crippen LogP contribution in [0.25, 0.3) is 67.7 Å². The first-order valence-corrected chi connectivity index (χ1v) is 19.6. The molecule has 2 aliphatic rings. The molecule has 1 aliphatic carbocycles. The molecule has 0 radical (unpaired) electrons. The summed E-state index contributed by atoms with van der Waals surface area (Å²) in [5.41, 5.74) is 14.2. The third-order valence-corrected chi connectivity index (χ3v) is 12.2. The van der Waals surface area contributed by atoms with Crippen molar-refractivity contribution in [2.24, 2.45) is 0 Å². The lowest BCUT2D eigenvalue weighted by molar-refractivity contribution is 0.722. The van der Waals surface area contributed by atoms with E-state index in [9.17, 15) is 0 Å². The number of benzene rings is 7. The van der Waals surface area contributed by atoms with Gasteiger partial charge in [0.15, 0.2) is 17.5 Å². The minimum atomic E-state index is -0.429. The van der Waals surface area contributed by atoms with Gasteiger partial charge in [0.05, 0.1) is 11.1 Å². The molecule has 7 aromatic carbocycles. The number of nitrogens with zero attached hydrogens (tertiary/aromatic N) is 4. The predicted octanol–water partition coefficient (Wildman–Crippen LogP) is 12.4. The zero-order valence-electron chi connectivity index (χ0n) is 30.2. The molecule has 0 saturated carbocycles. The quantitative estimate of drug-likeness (QED) is 0.176. The number of hydrogen-bond acceptors (Lipinski definition) is 5. The zero-order valence-corrected chi connectivity index (χ0v) is 31.0. The Morgan fingerprint density at radius 2 is 0.821 bits per heavy atom. The Morgan fingerprint density at radius 1 is 0.339 bits per heavy atom. The molecule has 0 fully saturated rings. The van der Waals surface area contributed by atoms with Crippen LogP contribution >= 0.6 is 11.8 Å². The standard InChI is InChI=1S/C51H32N4S/c1-3-13-34(14-4-1)45-30-28-38(32-52-45)33-23-25-36(26-24-33)49-53-48(35-15-5-2-6-16-35)54-50(55-49)37-27-29-42-40(31-37)39-17-7-8-18-41(39)51(42)43-19-9-11-21-46(43)56-47-22-12-10-20-44(47)51/h1-32H. The first-order valence-electron chi connectivity index (χ1n) is 18.8. The average Bonchev–Trinajstić information content (AvgIpc) is 3.57. The number of hydrogen-bond donors (Lipinski definition) is 0. The van der Waals surface area contributed by atoms with E-state index in [1.54, 1.807) is 0 Å². The van der Waals surface area contributed by atoms with Gasteiger partial charge < -0.3 is 0 Å². The normalized spacial score (nSPS) is 13.1. The van der Waals surface area contributed by atoms with E-state index in [0.717, 1.165) is 39.1 Å². The second-order valence-electron chi connectivity index (χ2n) is 14.2. The minimum absolute atomic E-state index is 0.429. The third kappa shape index (κ3) is 5.16. The van der Waals surface area contributed by atoms with Crippen LogP contribution in [0.3, 0.4) is 0 Å². The molecule has 4 nitrogen and oxygen atoms in total. The molecule has 3 heterocycles. The molecule has 1 aliphatic heterocycles. The first-order chi connectivity index (χ1) is 27.7. The molecule has 56 heavy (non-hydrogen) atoms. The molecule has 11 rings (SSSR count). The lowest BCUT2D eigenvalue weighted by atomic mass is 9.67. The molecule has 0 unspecified atom stereocenters. The summed E-state index contributed by atoms with van der Waals surface area (Å²) in [5.74, 6) is 1.90.